The Labute approximate surface area is 138 Å². The van der Waals surface area contributed by atoms with Gasteiger partial charge in [0.1, 0.15) is 0 Å². The fourth-order valence-electron chi connectivity index (χ4n) is 2.75. The number of carbonyl (C=O) groups is 1. The normalized spacial score (nSPS) is 20.7. The molecule has 2 atom stereocenters. The number of hydrogen-bond donors (Lipinski definition) is 0. The van der Waals surface area contributed by atoms with Gasteiger partial charge in [-0.1, -0.05) is 42.5 Å². The summed E-state index contributed by atoms with van der Waals surface area (Å²) >= 11 is 0. The van der Waals surface area contributed by atoms with E-state index in [1.807, 2.05) is 42.5 Å². The number of amides is 1. The molecule has 0 saturated carbocycles. The Morgan fingerprint density at radius 2 is 1.96 bits per heavy atom. The van der Waals surface area contributed by atoms with Gasteiger partial charge >= 0.3 is 0 Å². The van der Waals surface area contributed by atoms with Gasteiger partial charge in [0.05, 0.1) is 0 Å². The predicted molar refractivity (Wildman–Crippen MR) is 92.3 cm³/mol. The van der Waals surface area contributed by atoms with E-state index in [4.69, 9.17) is 0 Å². The maximum Gasteiger partial charge on any atom is 0.241 e. The van der Waals surface area contributed by atoms with Crippen LogP contribution in [-0.4, -0.2) is 55.5 Å². The highest BCUT2D eigenvalue weighted by Gasteiger charge is 2.39. The molecule has 1 aromatic rings. The SMILES string of the molecule is C[C@H](C(=O)N(C)C)S(=O)(=O)N1CCC[C@H]1/C=C/c1ccccc1. The summed E-state index contributed by atoms with van der Waals surface area (Å²) in [5, 5.41) is -1.05. The molecule has 1 aromatic carbocycles. The van der Waals surface area contributed by atoms with E-state index in [1.54, 1.807) is 14.1 Å². The molecule has 2 rings (SSSR count). The zero-order valence-electron chi connectivity index (χ0n) is 13.8. The highest BCUT2D eigenvalue weighted by molar-refractivity contribution is 7.90. The first kappa shape index (κ1) is 17.7. The van der Waals surface area contributed by atoms with Gasteiger partial charge in [-0.2, -0.15) is 4.31 Å². The maximum atomic E-state index is 12.7. The second-order valence-electron chi connectivity index (χ2n) is 6.01. The Balaban J connectivity index is 2.17. The van der Waals surface area contributed by atoms with E-state index in [-0.39, 0.29) is 11.9 Å². The van der Waals surface area contributed by atoms with Crippen LogP contribution in [-0.2, 0) is 14.8 Å². The molecule has 1 amide bonds. The van der Waals surface area contributed by atoms with Gasteiger partial charge in [0.15, 0.2) is 5.25 Å². The number of carbonyl (C=O) groups excluding carboxylic acids is 1. The Bertz CT molecular complexity index is 668. The molecule has 0 radical (unpaired) electrons. The molecule has 6 heteroatoms. The summed E-state index contributed by atoms with van der Waals surface area (Å²) in [6.45, 7) is 1.94. The molecule has 1 aliphatic rings. The molecule has 0 aliphatic carbocycles. The van der Waals surface area contributed by atoms with Crippen LogP contribution in [0.3, 0.4) is 0 Å². The summed E-state index contributed by atoms with van der Waals surface area (Å²) in [4.78, 5) is 13.4. The Kier molecular flexibility index (Phi) is 5.59. The van der Waals surface area contributed by atoms with E-state index in [1.165, 1.54) is 16.1 Å². The highest BCUT2D eigenvalue weighted by Crippen LogP contribution is 2.25. The van der Waals surface area contributed by atoms with Crippen LogP contribution in [0, 0.1) is 0 Å². The second kappa shape index (κ2) is 7.27. The first-order valence-electron chi connectivity index (χ1n) is 7.79. The molecule has 0 bridgehead atoms. The van der Waals surface area contributed by atoms with Gasteiger partial charge in [-0.15, -0.1) is 0 Å². The molecule has 23 heavy (non-hydrogen) atoms. The number of nitrogens with zero attached hydrogens (tertiary/aromatic N) is 2. The topological polar surface area (TPSA) is 57.7 Å². The lowest BCUT2D eigenvalue weighted by Crippen LogP contribution is -2.46. The largest absolute Gasteiger partial charge is 0.348 e. The molecule has 1 heterocycles. The van der Waals surface area contributed by atoms with E-state index >= 15 is 0 Å². The zero-order chi connectivity index (χ0) is 17.0. The molecular formula is C17H24N2O3S. The van der Waals surface area contributed by atoms with Crippen molar-refractivity contribution in [1.82, 2.24) is 9.21 Å². The van der Waals surface area contributed by atoms with Gasteiger partial charge in [-0.05, 0) is 25.3 Å². The van der Waals surface area contributed by atoms with Crippen LogP contribution in [0.5, 0.6) is 0 Å². The predicted octanol–water partition coefficient (Wildman–Crippen LogP) is 1.97. The van der Waals surface area contributed by atoms with Crippen LogP contribution >= 0.6 is 0 Å². The van der Waals surface area contributed by atoms with E-state index in [0.29, 0.717) is 6.54 Å². The Hall–Kier alpha value is -1.66. The van der Waals surface area contributed by atoms with E-state index in [9.17, 15) is 13.2 Å². The van der Waals surface area contributed by atoms with Crippen molar-refractivity contribution >= 4 is 22.0 Å². The molecule has 126 valence electrons. The van der Waals surface area contributed by atoms with Crippen LogP contribution in [0.25, 0.3) is 6.08 Å². The summed E-state index contributed by atoms with van der Waals surface area (Å²) in [6.07, 6.45) is 5.46. The van der Waals surface area contributed by atoms with Crippen molar-refractivity contribution in [2.75, 3.05) is 20.6 Å². The van der Waals surface area contributed by atoms with Crippen molar-refractivity contribution in [2.45, 2.75) is 31.1 Å². The van der Waals surface area contributed by atoms with Crippen LogP contribution in [0.4, 0.5) is 0 Å². The van der Waals surface area contributed by atoms with E-state index in [2.05, 4.69) is 0 Å². The second-order valence-corrected chi connectivity index (χ2v) is 8.22. The quantitative estimate of drug-likeness (QED) is 0.826. The van der Waals surface area contributed by atoms with Crippen LogP contribution < -0.4 is 0 Å². The molecule has 0 N–H and O–H groups in total. The summed E-state index contributed by atoms with van der Waals surface area (Å²) in [5.74, 6) is -0.386. The first-order chi connectivity index (χ1) is 10.8. The number of benzene rings is 1. The summed E-state index contributed by atoms with van der Waals surface area (Å²) < 4.78 is 27.0. The average molecular weight is 336 g/mol. The van der Waals surface area contributed by atoms with E-state index in [0.717, 1.165) is 18.4 Å². The first-order valence-corrected chi connectivity index (χ1v) is 9.29. The number of rotatable bonds is 5. The van der Waals surface area contributed by atoms with Crippen LogP contribution in [0.15, 0.2) is 36.4 Å². The number of sulfonamides is 1. The molecular weight excluding hydrogens is 312 g/mol. The van der Waals surface area contributed by atoms with Crippen molar-refractivity contribution in [2.24, 2.45) is 0 Å². The van der Waals surface area contributed by atoms with Crippen LogP contribution in [0.2, 0.25) is 0 Å². The minimum Gasteiger partial charge on any atom is -0.348 e. The van der Waals surface area contributed by atoms with Crippen molar-refractivity contribution in [3.05, 3.63) is 42.0 Å². The molecule has 1 fully saturated rings. The molecule has 1 aliphatic heterocycles. The standard InChI is InChI=1S/C17H24N2O3S/c1-14(17(20)18(2)3)23(21,22)19-13-7-10-16(19)12-11-15-8-5-4-6-9-15/h4-6,8-9,11-12,14,16H,7,10,13H2,1-3H3/b12-11+/t14-,16+/m1/s1. The van der Waals surface area contributed by atoms with Gasteiger partial charge < -0.3 is 4.90 Å². The third-order valence-electron chi connectivity index (χ3n) is 4.12. The Morgan fingerprint density at radius 3 is 2.57 bits per heavy atom. The number of hydrogen-bond acceptors (Lipinski definition) is 3. The summed E-state index contributed by atoms with van der Waals surface area (Å²) in [7, 11) is -0.497. The lowest BCUT2D eigenvalue weighted by molar-refractivity contribution is -0.128. The maximum absolute atomic E-state index is 12.7. The smallest absolute Gasteiger partial charge is 0.241 e. The minimum atomic E-state index is -3.65. The lowest BCUT2D eigenvalue weighted by atomic mass is 10.1. The van der Waals surface area contributed by atoms with Gasteiger partial charge in [0.2, 0.25) is 15.9 Å². The van der Waals surface area contributed by atoms with E-state index < -0.39 is 15.3 Å². The van der Waals surface area contributed by atoms with Gasteiger partial charge in [0, 0.05) is 26.7 Å². The molecule has 1 saturated heterocycles. The monoisotopic (exact) mass is 336 g/mol. The molecule has 5 nitrogen and oxygen atoms in total. The van der Waals surface area contributed by atoms with Gasteiger partial charge in [-0.3, -0.25) is 4.79 Å². The lowest BCUT2D eigenvalue weighted by Gasteiger charge is -2.26. The Morgan fingerprint density at radius 1 is 1.30 bits per heavy atom. The van der Waals surface area contributed by atoms with Crippen molar-refractivity contribution in [3.8, 4) is 0 Å². The average Bonchev–Trinajstić information content (AvgIpc) is 3.01. The van der Waals surface area contributed by atoms with Gasteiger partial charge in [-0.25, -0.2) is 8.42 Å². The fraction of sp³-hybridized carbons (Fsp3) is 0.471. The molecule has 0 spiro atoms. The van der Waals surface area contributed by atoms with Crippen molar-refractivity contribution in [1.29, 1.82) is 0 Å². The fourth-order valence-corrected chi connectivity index (χ4v) is 4.56. The van der Waals surface area contributed by atoms with Gasteiger partial charge in [0.25, 0.3) is 0 Å². The molecule has 0 aromatic heterocycles. The zero-order valence-corrected chi connectivity index (χ0v) is 14.7. The van der Waals surface area contributed by atoms with Crippen molar-refractivity contribution < 1.29 is 13.2 Å². The molecule has 0 unspecified atom stereocenters. The van der Waals surface area contributed by atoms with Crippen LogP contribution in [0.1, 0.15) is 25.3 Å². The van der Waals surface area contributed by atoms with Crippen molar-refractivity contribution in [3.63, 3.8) is 0 Å². The minimum absolute atomic E-state index is 0.183. The third kappa shape index (κ3) is 4.00. The third-order valence-corrected chi connectivity index (χ3v) is 6.32. The highest BCUT2D eigenvalue weighted by atomic mass is 32.2. The summed E-state index contributed by atoms with van der Waals surface area (Å²) in [5.41, 5.74) is 1.04. The summed E-state index contributed by atoms with van der Waals surface area (Å²) in [6, 6.07) is 9.60.